The molecule has 1 atom stereocenters. The van der Waals surface area contributed by atoms with Crippen LogP contribution in [0, 0.1) is 12.7 Å². The number of rotatable bonds is 2. The molecule has 1 aromatic rings. The van der Waals surface area contributed by atoms with E-state index in [2.05, 4.69) is 0 Å². The molecule has 2 nitrogen and oxygen atoms in total. The summed E-state index contributed by atoms with van der Waals surface area (Å²) in [7, 11) is -1.79. The van der Waals surface area contributed by atoms with Gasteiger partial charge in [-0.3, -0.25) is 0 Å². The van der Waals surface area contributed by atoms with Crippen molar-refractivity contribution in [3.63, 3.8) is 0 Å². The van der Waals surface area contributed by atoms with E-state index in [0.29, 0.717) is 5.56 Å². The second-order valence-corrected chi connectivity index (χ2v) is 3.82. The van der Waals surface area contributed by atoms with E-state index in [1.54, 1.807) is 19.1 Å². The Bertz CT molecular complexity index is 314. The molecule has 0 saturated heterocycles. The summed E-state index contributed by atoms with van der Waals surface area (Å²) in [4.78, 5) is 0. The normalized spacial score (nSPS) is 12.9. The molecule has 0 bridgehead atoms. The monoisotopic (exact) mass is 188 g/mol. The van der Waals surface area contributed by atoms with Crippen LogP contribution in [0.15, 0.2) is 18.2 Å². The molecule has 1 rings (SSSR count). The van der Waals surface area contributed by atoms with E-state index in [4.69, 9.17) is 5.14 Å². The van der Waals surface area contributed by atoms with Crippen LogP contribution >= 0.6 is 0 Å². The maximum Gasteiger partial charge on any atom is 0.155 e. The molecule has 12 heavy (non-hydrogen) atoms. The van der Waals surface area contributed by atoms with Gasteiger partial charge in [-0.05, 0) is 18.6 Å². The predicted molar refractivity (Wildman–Crippen MR) is 48.5 cm³/mol. The molecule has 1 unspecified atom stereocenters. The largest absolute Gasteiger partial charge is 0.207 e. The van der Waals surface area contributed by atoms with Crippen LogP contribution in [0.3, 0.4) is 0 Å². The van der Waals surface area contributed by atoms with Gasteiger partial charge in [0.1, 0.15) is 16.8 Å². The van der Waals surface area contributed by atoms with Gasteiger partial charge in [0.2, 0.25) is 0 Å². The highest BCUT2D eigenvalue weighted by Gasteiger charge is 2.06. The number of benzene rings is 1. The van der Waals surface area contributed by atoms with E-state index in [1.807, 2.05) is 0 Å². The van der Waals surface area contributed by atoms with Crippen molar-refractivity contribution in [3.8, 4) is 0 Å². The molecule has 0 heterocycles. The number of hydrogen-bond donors (Lipinski definition) is 1. The molecule has 66 valence electrons. The Morgan fingerprint density at radius 3 is 2.75 bits per heavy atom. The minimum atomic E-state index is -1.79. The van der Waals surface area contributed by atoms with Crippen molar-refractivity contribution >= 4 is 11.0 Å². The van der Waals surface area contributed by atoms with Crippen molar-refractivity contribution in [2.24, 2.45) is 5.14 Å². The third kappa shape index (κ3) is 2.39. The van der Waals surface area contributed by atoms with Crippen molar-refractivity contribution in [1.82, 2.24) is 0 Å². The summed E-state index contributed by atoms with van der Waals surface area (Å²) in [5.74, 6) is -0.217. The Kier molecular flexibility index (Phi) is 2.94. The summed E-state index contributed by atoms with van der Waals surface area (Å²) in [6.45, 7) is 1.80. The highest BCUT2D eigenvalue weighted by molar-refractivity contribution is 7.81. The zero-order valence-corrected chi connectivity index (χ0v) is 7.64. The maximum absolute atomic E-state index is 13.0. The van der Waals surface area contributed by atoms with Gasteiger partial charge in [0.05, 0.1) is 0 Å². The van der Waals surface area contributed by atoms with Gasteiger partial charge in [0.25, 0.3) is 0 Å². The van der Waals surface area contributed by atoms with Crippen LogP contribution in [-0.2, 0) is 20.9 Å². The Hall–Kier alpha value is -0.740. The fraction of sp³-hybridized carbons (Fsp3) is 0.250. The Morgan fingerprint density at radius 2 is 2.25 bits per heavy atom. The second kappa shape index (κ2) is 3.78. The predicted octanol–water partition coefficient (Wildman–Crippen LogP) is 1.20. The lowest BCUT2D eigenvalue weighted by atomic mass is 10.2. The Balaban J connectivity index is 2.93. The summed E-state index contributed by atoms with van der Waals surface area (Å²) < 4.78 is 23.6. The number of thiol groups is 1. The van der Waals surface area contributed by atoms with Crippen LogP contribution < -0.4 is 5.14 Å². The molecule has 0 amide bonds. The van der Waals surface area contributed by atoms with Gasteiger partial charge in [0.15, 0.2) is 5.75 Å². The smallest absolute Gasteiger partial charge is 0.155 e. The summed E-state index contributed by atoms with van der Waals surface area (Å²) in [5.41, 5.74) is 1.27. The first kappa shape index (κ1) is 9.35. The third-order valence-corrected chi connectivity index (χ3v) is 2.19. The van der Waals surface area contributed by atoms with Crippen molar-refractivity contribution < 1.29 is 8.60 Å². The quantitative estimate of drug-likeness (QED) is 0.550. The lowest BCUT2D eigenvalue weighted by Gasteiger charge is -1.98. The van der Waals surface area contributed by atoms with Crippen LogP contribution in [0.25, 0.3) is 0 Å². The zero-order chi connectivity index (χ0) is 9.14. The molecule has 0 aliphatic heterocycles. The van der Waals surface area contributed by atoms with Crippen LogP contribution in [0.1, 0.15) is 11.1 Å². The first-order valence-electron chi connectivity index (χ1n) is 3.54. The minimum Gasteiger partial charge on any atom is -0.207 e. The molecule has 0 saturated carbocycles. The number of aryl methyl sites for hydroxylation is 1. The average Bonchev–Trinajstić information content (AvgIpc) is 1.94. The number of halogens is 1. The second-order valence-electron chi connectivity index (χ2n) is 2.67. The average molecular weight is 188 g/mol. The van der Waals surface area contributed by atoms with Gasteiger partial charge in [-0.15, -0.1) is 0 Å². The molecule has 0 aliphatic carbocycles. The van der Waals surface area contributed by atoms with E-state index < -0.39 is 11.0 Å². The molecule has 0 spiro atoms. The summed E-state index contributed by atoms with van der Waals surface area (Å²) in [6.07, 6.45) is 0. The Labute approximate surface area is 73.2 Å². The zero-order valence-electron chi connectivity index (χ0n) is 6.75. The molecular formula is C8H11FNOS+. The fourth-order valence-corrected chi connectivity index (χ4v) is 1.54. The van der Waals surface area contributed by atoms with Gasteiger partial charge >= 0.3 is 0 Å². The van der Waals surface area contributed by atoms with Gasteiger partial charge in [-0.25, -0.2) is 4.39 Å². The molecule has 0 aliphatic rings. The van der Waals surface area contributed by atoms with Gasteiger partial charge in [0, 0.05) is 5.56 Å². The highest BCUT2D eigenvalue weighted by Crippen LogP contribution is 2.10. The van der Waals surface area contributed by atoms with Gasteiger partial charge < -0.3 is 0 Å². The fourth-order valence-electron chi connectivity index (χ4n) is 0.948. The van der Waals surface area contributed by atoms with Crippen molar-refractivity contribution in [2.45, 2.75) is 12.7 Å². The standard InChI is InChI=1S/C8H10FNOS/c1-6-2-3-7(5-12(10)11)8(9)4-6/h2-4H,5H2,1H3,(H2,10,11)/p+1. The lowest BCUT2D eigenvalue weighted by molar-refractivity contribution is 0.591. The van der Waals surface area contributed by atoms with E-state index in [1.165, 1.54) is 6.07 Å². The molecule has 1 aromatic carbocycles. The van der Waals surface area contributed by atoms with Crippen LogP contribution in [-0.4, -0.2) is 0 Å². The van der Waals surface area contributed by atoms with E-state index in [9.17, 15) is 8.60 Å². The van der Waals surface area contributed by atoms with E-state index in [0.717, 1.165) is 5.56 Å². The number of hydrogen-bond acceptors (Lipinski definition) is 1. The third-order valence-electron chi connectivity index (χ3n) is 1.53. The molecule has 0 fully saturated rings. The van der Waals surface area contributed by atoms with E-state index >= 15 is 0 Å². The lowest BCUT2D eigenvalue weighted by Crippen LogP contribution is -2.05. The maximum atomic E-state index is 13.0. The molecule has 4 heteroatoms. The summed E-state index contributed by atoms with van der Waals surface area (Å²) in [6, 6.07) is 4.80. The molecule has 0 radical (unpaired) electrons. The van der Waals surface area contributed by atoms with Crippen molar-refractivity contribution in [3.05, 3.63) is 35.1 Å². The highest BCUT2D eigenvalue weighted by atomic mass is 32.2. The first-order valence-corrected chi connectivity index (χ1v) is 5.05. The van der Waals surface area contributed by atoms with Crippen LogP contribution in [0.2, 0.25) is 0 Å². The van der Waals surface area contributed by atoms with E-state index in [-0.39, 0.29) is 11.6 Å². The topological polar surface area (TPSA) is 43.1 Å². The van der Waals surface area contributed by atoms with Crippen molar-refractivity contribution in [1.29, 1.82) is 0 Å². The van der Waals surface area contributed by atoms with Crippen molar-refractivity contribution in [2.75, 3.05) is 0 Å². The molecule has 0 aromatic heterocycles. The SMILES string of the molecule is Cc1ccc(C[SH+](N)=O)c(F)c1. The van der Waals surface area contributed by atoms with Gasteiger partial charge in [-0.1, -0.05) is 16.3 Å². The minimum absolute atomic E-state index is 0.113. The van der Waals surface area contributed by atoms with Gasteiger partial charge in [-0.2, -0.15) is 5.14 Å². The summed E-state index contributed by atoms with van der Waals surface area (Å²) >= 11 is 0. The van der Waals surface area contributed by atoms with Crippen LogP contribution in [0.5, 0.6) is 0 Å². The Morgan fingerprint density at radius 1 is 1.58 bits per heavy atom. The number of nitrogens with two attached hydrogens (primary N) is 1. The first-order chi connectivity index (χ1) is 5.59. The molecule has 2 N–H and O–H groups in total. The summed E-state index contributed by atoms with van der Waals surface area (Å²) in [5, 5.41) is 5.07. The molecular weight excluding hydrogens is 177 g/mol. The van der Waals surface area contributed by atoms with Crippen LogP contribution in [0.4, 0.5) is 4.39 Å².